The summed E-state index contributed by atoms with van der Waals surface area (Å²) in [6.07, 6.45) is 23.7. The van der Waals surface area contributed by atoms with Gasteiger partial charge in [-0.2, -0.15) is 0 Å². The standard InChI is InChI=1S/C32H41NO4/c1-32(25-11-13-26(34)14-12-25)23-37-30-22-27(35)15-17-29(30)31(32)24-8-7-9-28(16-10-24)36-21-6-5-20-33-18-3-2-4-19-33/h7-11,13-17,22,24-25,31,34-35H,2-6,12,18-21,23H2,1H3/t24?,25?,31-,32-/m1/s1. The van der Waals surface area contributed by atoms with Gasteiger partial charge >= 0.3 is 0 Å². The van der Waals surface area contributed by atoms with Crippen LogP contribution in [0.4, 0.5) is 0 Å². The zero-order valence-corrected chi connectivity index (χ0v) is 22.0. The number of unbranched alkanes of at least 4 members (excludes halogenated alkanes) is 1. The molecule has 5 rings (SSSR count). The molecule has 0 aromatic heterocycles. The van der Waals surface area contributed by atoms with E-state index in [-0.39, 0.29) is 28.9 Å². The van der Waals surface area contributed by atoms with Gasteiger partial charge in [0, 0.05) is 23.3 Å². The molecular formula is C32H41NO4. The van der Waals surface area contributed by atoms with Crippen LogP contribution in [-0.4, -0.2) is 48.0 Å². The second kappa shape index (κ2) is 11.6. The number of aliphatic hydroxyl groups excluding tert-OH is 1. The van der Waals surface area contributed by atoms with Crippen molar-refractivity contribution in [1.29, 1.82) is 0 Å². The Hall–Kier alpha value is -2.92. The Balaban J connectivity index is 1.27. The van der Waals surface area contributed by atoms with Crippen molar-refractivity contribution in [2.24, 2.45) is 17.3 Å². The number of allylic oxidation sites excluding steroid dienone is 8. The van der Waals surface area contributed by atoms with Gasteiger partial charge < -0.3 is 24.6 Å². The van der Waals surface area contributed by atoms with Gasteiger partial charge in [-0.15, -0.1) is 0 Å². The molecule has 0 amide bonds. The Labute approximate surface area is 221 Å². The van der Waals surface area contributed by atoms with E-state index in [1.165, 1.54) is 45.3 Å². The molecule has 2 N–H and O–H groups in total. The molecule has 5 nitrogen and oxygen atoms in total. The lowest BCUT2D eigenvalue weighted by atomic mass is 9.59. The maximum Gasteiger partial charge on any atom is 0.126 e. The third-order valence-electron chi connectivity index (χ3n) is 8.56. The van der Waals surface area contributed by atoms with Gasteiger partial charge in [0.1, 0.15) is 23.0 Å². The fourth-order valence-corrected chi connectivity index (χ4v) is 6.40. The number of likely N-dealkylation sites (tertiary alicyclic amines) is 1. The number of nitrogens with zero attached hydrogens (tertiary/aromatic N) is 1. The van der Waals surface area contributed by atoms with Crippen molar-refractivity contribution in [3.63, 3.8) is 0 Å². The summed E-state index contributed by atoms with van der Waals surface area (Å²) in [5, 5.41) is 20.0. The molecule has 0 saturated carbocycles. The van der Waals surface area contributed by atoms with Crippen LogP contribution in [0.1, 0.15) is 56.9 Å². The van der Waals surface area contributed by atoms with Crippen LogP contribution in [0.25, 0.3) is 0 Å². The van der Waals surface area contributed by atoms with Crippen LogP contribution in [0, 0.1) is 17.3 Å². The van der Waals surface area contributed by atoms with Gasteiger partial charge in [-0.1, -0.05) is 43.7 Å². The van der Waals surface area contributed by atoms with Crippen molar-refractivity contribution in [1.82, 2.24) is 4.90 Å². The van der Waals surface area contributed by atoms with E-state index in [1.807, 2.05) is 12.1 Å². The number of benzene rings is 1. The Morgan fingerprint density at radius 3 is 2.73 bits per heavy atom. The minimum Gasteiger partial charge on any atom is -0.508 e. The number of hydrogen-bond donors (Lipinski definition) is 2. The molecule has 4 atom stereocenters. The van der Waals surface area contributed by atoms with Crippen molar-refractivity contribution in [2.75, 3.05) is 32.8 Å². The lowest BCUT2D eigenvalue weighted by Crippen LogP contribution is -2.44. The van der Waals surface area contributed by atoms with Crippen LogP contribution >= 0.6 is 0 Å². The summed E-state index contributed by atoms with van der Waals surface area (Å²) < 4.78 is 12.4. The fraction of sp³-hybridized carbons (Fsp3) is 0.500. The molecule has 1 aromatic rings. The van der Waals surface area contributed by atoms with Gasteiger partial charge in [0.25, 0.3) is 0 Å². The largest absolute Gasteiger partial charge is 0.508 e. The first-order valence-corrected chi connectivity index (χ1v) is 14.0. The molecule has 1 fully saturated rings. The molecule has 37 heavy (non-hydrogen) atoms. The molecule has 2 heterocycles. The van der Waals surface area contributed by atoms with E-state index < -0.39 is 0 Å². The monoisotopic (exact) mass is 503 g/mol. The lowest BCUT2D eigenvalue weighted by Gasteiger charge is -2.48. The highest BCUT2D eigenvalue weighted by molar-refractivity contribution is 5.47. The number of aromatic hydroxyl groups is 1. The third kappa shape index (κ3) is 5.98. The Bertz CT molecular complexity index is 1090. The summed E-state index contributed by atoms with van der Waals surface area (Å²) >= 11 is 0. The van der Waals surface area contributed by atoms with E-state index in [2.05, 4.69) is 48.3 Å². The maximum absolute atomic E-state index is 10.1. The second-order valence-corrected chi connectivity index (χ2v) is 11.2. The van der Waals surface area contributed by atoms with Gasteiger partial charge in [-0.25, -0.2) is 0 Å². The molecule has 0 radical (unpaired) electrons. The summed E-state index contributed by atoms with van der Waals surface area (Å²) in [4.78, 5) is 2.59. The molecule has 0 spiro atoms. The number of rotatable bonds is 8. The van der Waals surface area contributed by atoms with Gasteiger partial charge in [-0.3, -0.25) is 0 Å². The van der Waals surface area contributed by atoms with E-state index in [0.717, 1.165) is 36.5 Å². The zero-order chi connectivity index (χ0) is 25.7. The highest BCUT2D eigenvalue weighted by Gasteiger charge is 2.48. The minimum absolute atomic E-state index is 0.140. The first-order chi connectivity index (χ1) is 18.0. The summed E-state index contributed by atoms with van der Waals surface area (Å²) in [5.74, 6) is 2.72. The summed E-state index contributed by atoms with van der Waals surface area (Å²) in [6, 6.07) is 5.49. The smallest absolute Gasteiger partial charge is 0.126 e. The summed E-state index contributed by atoms with van der Waals surface area (Å²) in [5.41, 5.74) is 0.914. The SMILES string of the molecule is C[C@]1(C2C=CC(O)=CC2)COc2cc(O)ccc2[C@H]1C1C=CC=C(OCCCCN2CCCCC2)C=C1. The van der Waals surface area contributed by atoms with E-state index in [9.17, 15) is 10.2 Å². The topological polar surface area (TPSA) is 62.2 Å². The molecule has 0 bridgehead atoms. The number of hydrogen-bond acceptors (Lipinski definition) is 5. The van der Waals surface area contributed by atoms with Crippen LogP contribution in [0.2, 0.25) is 0 Å². The summed E-state index contributed by atoms with van der Waals surface area (Å²) in [7, 11) is 0. The maximum atomic E-state index is 10.1. The number of phenolic OH excluding ortho intramolecular Hbond substituents is 1. The van der Waals surface area contributed by atoms with Crippen LogP contribution in [0.5, 0.6) is 11.5 Å². The lowest BCUT2D eigenvalue weighted by molar-refractivity contribution is 0.0511. The van der Waals surface area contributed by atoms with Gasteiger partial charge in [-0.05, 0) is 93.6 Å². The van der Waals surface area contributed by atoms with Crippen LogP contribution in [0.3, 0.4) is 0 Å². The predicted octanol–water partition coefficient (Wildman–Crippen LogP) is 6.80. The molecule has 1 aromatic carbocycles. The zero-order valence-electron chi connectivity index (χ0n) is 22.0. The van der Waals surface area contributed by atoms with E-state index in [1.54, 1.807) is 18.2 Å². The number of aliphatic hydroxyl groups is 1. The normalized spacial score (nSPS) is 29.6. The number of ether oxygens (including phenoxy) is 2. The van der Waals surface area contributed by atoms with Crippen molar-refractivity contribution in [3.05, 3.63) is 83.9 Å². The highest BCUT2D eigenvalue weighted by Crippen LogP contribution is 2.55. The highest BCUT2D eigenvalue weighted by atomic mass is 16.5. The van der Waals surface area contributed by atoms with Crippen molar-refractivity contribution in [2.45, 2.75) is 51.4 Å². The van der Waals surface area contributed by atoms with Gasteiger partial charge in [0.05, 0.1) is 13.2 Å². The van der Waals surface area contributed by atoms with Crippen molar-refractivity contribution in [3.8, 4) is 11.5 Å². The number of fused-ring (bicyclic) bond motifs is 1. The molecule has 2 aliphatic carbocycles. The predicted molar refractivity (Wildman–Crippen MR) is 148 cm³/mol. The molecule has 1 saturated heterocycles. The molecular weight excluding hydrogens is 462 g/mol. The first kappa shape index (κ1) is 25.7. The van der Waals surface area contributed by atoms with Gasteiger partial charge in [0.2, 0.25) is 0 Å². The quantitative estimate of drug-likeness (QED) is 0.382. The fourth-order valence-electron chi connectivity index (χ4n) is 6.40. The van der Waals surface area contributed by atoms with Crippen molar-refractivity contribution >= 4 is 0 Å². The summed E-state index contributed by atoms with van der Waals surface area (Å²) in [6.45, 7) is 7.26. The van der Waals surface area contributed by atoms with Gasteiger partial charge in [0.15, 0.2) is 0 Å². The molecule has 198 valence electrons. The Morgan fingerprint density at radius 2 is 1.92 bits per heavy atom. The molecule has 2 unspecified atom stereocenters. The average molecular weight is 504 g/mol. The van der Waals surface area contributed by atoms with E-state index >= 15 is 0 Å². The second-order valence-electron chi connectivity index (χ2n) is 11.2. The van der Waals surface area contributed by atoms with Crippen LogP contribution in [0.15, 0.2) is 78.3 Å². The van der Waals surface area contributed by atoms with Crippen LogP contribution in [-0.2, 0) is 4.74 Å². The Morgan fingerprint density at radius 1 is 1.05 bits per heavy atom. The first-order valence-electron chi connectivity index (χ1n) is 14.0. The number of piperidine rings is 1. The molecule has 4 aliphatic rings. The van der Waals surface area contributed by atoms with Crippen LogP contribution < -0.4 is 4.74 Å². The third-order valence-corrected chi connectivity index (χ3v) is 8.56. The van der Waals surface area contributed by atoms with E-state index in [0.29, 0.717) is 12.4 Å². The Kier molecular flexibility index (Phi) is 8.09. The number of phenols is 1. The van der Waals surface area contributed by atoms with E-state index in [4.69, 9.17) is 9.47 Å². The molecule has 5 heteroatoms. The minimum atomic E-state index is -0.198. The van der Waals surface area contributed by atoms with Crippen molar-refractivity contribution < 1.29 is 19.7 Å². The molecule has 2 aliphatic heterocycles. The average Bonchev–Trinajstić information content (AvgIpc) is 3.15.